The van der Waals surface area contributed by atoms with E-state index in [1.165, 1.54) is 0 Å². The van der Waals surface area contributed by atoms with Gasteiger partial charge >= 0.3 is 12.0 Å². The molecule has 0 heterocycles. The first-order chi connectivity index (χ1) is 10.3. The lowest BCUT2D eigenvalue weighted by molar-refractivity contribution is -0.155. The standard InChI is InChI=1S/C15H18N2O5/c1-15(22,13(19)20)8-16-14(21)17-10-5-6-11-9(7-10)3-2-4-12(11)18/h5-7,22H,2-4,8H2,1H3,(H,19,20)(H2,16,17,21). The largest absolute Gasteiger partial charge is 0.479 e. The zero-order valence-corrected chi connectivity index (χ0v) is 12.2. The Morgan fingerprint density at radius 3 is 2.73 bits per heavy atom. The normalized spacial score (nSPS) is 16.4. The Hall–Kier alpha value is -2.41. The Balaban J connectivity index is 1.98. The van der Waals surface area contributed by atoms with E-state index in [0.29, 0.717) is 17.7 Å². The number of nitrogens with one attached hydrogen (secondary N) is 2. The lowest BCUT2D eigenvalue weighted by atomic mass is 9.90. The van der Waals surface area contributed by atoms with Crippen molar-refractivity contribution in [3.05, 3.63) is 29.3 Å². The minimum Gasteiger partial charge on any atom is -0.479 e. The van der Waals surface area contributed by atoms with Gasteiger partial charge in [0.2, 0.25) is 0 Å². The highest BCUT2D eigenvalue weighted by Gasteiger charge is 2.30. The third-order valence-electron chi connectivity index (χ3n) is 3.57. The van der Waals surface area contributed by atoms with Crippen molar-refractivity contribution in [1.82, 2.24) is 5.32 Å². The third kappa shape index (κ3) is 3.62. The molecule has 7 nitrogen and oxygen atoms in total. The molecule has 0 fully saturated rings. The van der Waals surface area contributed by atoms with Gasteiger partial charge in [-0.05, 0) is 43.5 Å². The quantitative estimate of drug-likeness (QED) is 0.666. The summed E-state index contributed by atoms with van der Waals surface area (Å²) in [5, 5.41) is 23.1. The number of carbonyl (C=O) groups excluding carboxylic acids is 2. The molecule has 0 saturated carbocycles. The molecule has 2 rings (SSSR count). The minimum atomic E-state index is -2.03. The molecule has 1 aliphatic rings. The van der Waals surface area contributed by atoms with E-state index in [-0.39, 0.29) is 5.78 Å². The second-order valence-electron chi connectivity index (χ2n) is 5.54. The van der Waals surface area contributed by atoms with Crippen LogP contribution in [0.2, 0.25) is 0 Å². The van der Waals surface area contributed by atoms with Crippen molar-refractivity contribution in [1.29, 1.82) is 0 Å². The van der Waals surface area contributed by atoms with Gasteiger partial charge in [0, 0.05) is 17.7 Å². The zero-order valence-electron chi connectivity index (χ0n) is 12.2. The van der Waals surface area contributed by atoms with Crippen LogP contribution in [0.1, 0.15) is 35.7 Å². The van der Waals surface area contributed by atoms with E-state index < -0.39 is 24.1 Å². The van der Waals surface area contributed by atoms with Gasteiger partial charge in [0.05, 0.1) is 6.54 Å². The maximum absolute atomic E-state index is 11.7. The maximum Gasteiger partial charge on any atom is 0.337 e. The van der Waals surface area contributed by atoms with Crippen LogP contribution in [0.25, 0.3) is 0 Å². The lowest BCUT2D eigenvalue weighted by Gasteiger charge is -2.19. The van der Waals surface area contributed by atoms with Crippen LogP contribution in [-0.4, -0.2) is 40.1 Å². The number of fused-ring (bicyclic) bond motifs is 1. The lowest BCUT2D eigenvalue weighted by Crippen LogP contribution is -2.47. The van der Waals surface area contributed by atoms with Gasteiger partial charge < -0.3 is 20.8 Å². The van der Waals surface area contributed by atoms with Crippen molar-refractivity contribution in [2.75, 3.05) is 11.9 Å². The number of carboxylic acid groups (broad SMARTS) is 1. The molecule has 1 aromatic rings. The van der Waals surface area contributed by atoms with Crippen LogP contribution in [0.4, 0.5) is 10.5 Å². The Morgan fingerprint density at radius 1 is 1.32 bits per heavy atom. The van der Waals surface area contributed by atoms with Crippen LogP contribution in [0.3, 0.4) is 0 Å². The average molecular weight is 306 g/mol. The van der Waals surface area contributed by atoms with Crippen molar-refractivity contribution < 1.29 is 24.6 Å². The van der Waals surface area contributed by atoms with Crippen molar-refractivity contribution in [2.24, 2.45) is 0 Å². The fourth-order valence-corrected chi connectivity index (χ4v) is 2.23. The molecule has 1 aliphatic carbocycles. The van der Waals surface area contributed by atoms with E-state index in [1.807, 2.05) is 0 Å². The summed E-state index contributed by atoms with van der Waals surface area (Å²) in [6.07, 6.45) is 2.12. The van der Waals surface area contributed by atoms with Gasteiger partial charge in [0.25, 0.3) is 0 Å². The predicted octanol–water partition coefficient (Wildman–Crippen LogP) is 1.16. The van der Waals surface area contributed by atoms with E-state index in [9.17, 15) is 19.5 Å². The van der Waals surface area contributed by atoms with Gasteiger partial charge in [0.1, 0.15) is 0 Å². The molecule has 4 N–H and O–H groups in total. The van der Waals surface area contributed by atoms with E-state index in [4.69, 9.17) is 5.11 Å². The van der Waals surface area contributed by atoms with Gasteiger partial charge in [-0.2, -0.15) is 0 Å². The number of aliphatic hydroxyl groups is 1. The zero-order chi connectivity index (χ0) is 16.3. The molecule has 2 amide bonds. The summed E-state index contributed by atoms with van der Waals surface area (Å²) in [6, 6.07) is 4.42. The van der Waals surface area contributed by atoms with Gasteiger partial charge in [-0.25, -0.2) is 9.59 Å². The van der Waals surface area contributed by atoms with Gasteiger partial charge in [-0.15, -0.1) is 0 Å². The van der Waals surface area contributed by atoms with Crippen LogP contribution in [0, 0.1) is 0 Å². The molecule has 0 bridgehead atoms. The molecule has 1 unspecified atom stereocenters. The second-order valence-corrected chi connectivity index (χ2v) is 5.54. The molecule has 22 heavy (non-hydrogen) atoms. The second kappa shape index (κ2) is 6.15. The molecule has 0 aromatic heterocycles. The van der Waals surface area contributed by atoms with Crippen molar-refractivity contribution >= 4 is 23.5 Å². The minimum absolute atomic E-state index is 0.106. The first kappa shape index (κ1) is 16.0. The number of amides is 2. The molecule has 0 aliphatic heterocycles. The number of carboxylic acids is 1. The van der Waals surface area contributed by atoms with Crippen molar-refractivity contribution in [3.63, 3.8) is 0 Å². The SMILES string of the molecule is CC(O)(CNC(=O)Nc1ccc2c(c1)CCCC2=O)C(=O)O. The number of hydrogen-bond donors (Lipinski definition) is 4. The van der Waals surface area contributed by atoms with E-state index in [2.05, 4.69) is 10.6 Å². The van der Waals surface area contributed by atoms with E-state index in [1.54, 1.807) is 18.2 Å². The topological polar surface area (TPSA) is 116 Å². The van der Waals surface area contributed by atoms with E-state index >= 15 is 0 Å². The number of urea groups is 1. The van der Waals surface area contributed by atoms with Crippen LogP contribution in [-0.2, 0) is 11.2 Å². The number of rotatable bonds is 4. The Kier molecular flexibility index (Phi) is 4.46. The summed E-state index contributed by atoms with van der Waals surface area (Å²) in [4.78, 5) is 34.2. The summed E-state index contributed by atoms with van der Waals surface area (Å²) < 4.78 is 0. The molecular weight excluding hydrogens is 288 g/mol. The Bertz CT molecular complexity index is 624. The molecule has 1 atom stereocenters. The third-order valence-corrected chi connectivity index (χ3v) is 3.57. The molecular formula is C15H18N2O5. The fourth-order valence-electron chi connectivity index (χ4n) is 2.23. The van der Waals surface area contributed by atoms with Crippen molar-refractivity contribution in [3.8, 4) is 0 Å². The number of ketones is 1. The highest BCUT2D eigenvalue weighted by Crippen LogP contribution is 2.24. The summed E-state index contributed by atoms with van der Waals surface area (Å²) in [6.45, 7) is 0.678. The Labute approximate surface area is 127 Å². The monoisotopic (exact) mass is 306 g/mol. The maximum atomic E-state index is 11.7. The number of aliphatic carboxylic acids is 1. The van der Waals surface area contributed by atoms with Gasteiger partial charge in [-0.1, -0.05) is 0 Å². The summed E-state index contributed by atoms with van der Waals surface area (Å²) in [5.74, 6) is -1.31. The average Bonchev–Trinajstić information content (AvgIpc) is 2.45. The summed E-state index contributed by atoms with van der Waals surface area (Å²) in [7, 11) is 0. The molecule has 1 aromatic carbocycles. The van der Waals surface area contributed by atoms with Crippen LogP contribution in [0.15, 0.2) is 18.2 Å². The molecule has 118 valence electrons. The number of Topliss-reactive ketones (excluding diaryl/α,β-unsaturated/α-hetero) is 1. The first-order valence-corrected chi connectivity index (χ1v) is 6.96. The van der Waals surface area contributed by atoms with Crippen molar-refractivity contribution in [2.45, 2.75) is 31.8 Å². The number of anilines is 1. The van der Waals surface area contributed by atoms with Crippen LogP contribution >= 0.6 is 0 Å². The summed E-state index contributed by atoms with van der Waals surface area (Å²) >= 11 is 0. The van der Waals surface area contributed by atoms with Crippen LogP contribution < -0.4 is 10.6 Å². The van der Waals surface area contributed by atoms with Gasteiger partial charge in [0.15, 0.2) is 11.4 Å². The highest BCUT2D eigenvalue weighted by molar-refractivity contribution is 5.99. The number of carbonyl (C=O) groups is 3. The van der Waals surface area contributed by atoms with Crippen LogP contribution in [0.5, 0.6) is 0 Å². The fraction of sp³-hybridized carbons (Fsp3) is 0.400. The first-order valence-electron chi connectivity index (χ1n) is 6.96. The predicted molar refractivity (Wildman–Crippen MR) is 79.0 cm³/mol. The highest BCUT2D eigenvalue weighted by atomic mass is 16.4. The number of aryl methyl sites for hydroxylation is 1. The smallest absolute Gasteiger partial charge is 0.337 e. The van der Waals surface area contributed by atoms with E-state index in [0.717, 1.165) is 25.3 Å². The number of benzene rings is 1. The summed E-state index contributed by atoms with van der Waals surface area (Å²) in [5.41, 5.74) is 0.0677. The number of hydrogen-bond acceptors (Lipinski definition) is 4. The molecule has 0 spiro atoms. The molecule has 0 saturated heterocycles. The molecule has 7 heteroatoms. The van der Waals surface area contributed by atoms with Gasteiger partial charge in [-0.3, -0.25) is 4.79 Å². The molecule has 0 radical (unpaired) electrons. The Morgan fingerprint density at radius 2 is 2.05 bits per heavy atom.